The number of aryl methyl sites for hydroxylation is 4. The van der Waals surface area contributed by atoms with Crippen LogP contribution < -0.4 is 20.5 Å². The third-order valence-corrected chi connectivity index (χ3v) is 10.1. The summed E-state index contributed by atoms with van der Waals surface area (Å²) in [6.45, 7) is 3.66. The smallest absolute Gasteiger partial charge is 0.493 e. The van der Waals surface area contributed by atoms with Crippen LogP contribution in [0.5, 0.6) is 5.75 Å². The Morgan fingerprint density at radius 2 is 1.75 bits per heavy atom. The highest BCUT2D eigenvalue weighted by atomic mass is 32.2. The zero-order valence-corrected chi connectivity index (χ0v) is 30.5. The maximum atomic E-state index is 11.3. The third-order valence-electron chi connectivity index (χ3n) is 8.27. The minimum absolute atomic E-state index is 0.713. The Morgan fingerprint density at radius 1 is 1.04 bits per heavy atom. The molecule has 5 rings (SSSR count). The van der Waals surface area contributed by atoms with Gasteiger partial charge in [-0.3, -0.25) is 0 Å². The molecule has 0 bridgehead atoms. The second-order valence-corrected chi connectivity index (χ2v) is 14.6. The maximum Gasteiger partial charge on any atom is 0.534 e. The minimum atomic E-state index is -6.55. The van der Waals surface area contributed by atoms with Crippen LogP contribution in [0.15, 0.2) is 60.1 Å². The van der Waals surface area contributed by atoms with Crippen molar-refractivity contribution >= 4 is 27.4 Å². The molecule has 0 amide bonds. The molecule has 3 N–H and O–H groups in total. The summed E-state index contributed by atoms with van der Waals surface area (Å²) in [7, 11) is -4.54. The number of alkyl halides is 6. The van der Waals surface area contributed by atoms with Crippen molar-refractivity contribution in [3.63, 3.8) is 0 Å². The molecular formula is C34H41F6N6O5S2+. The maximum absolute atomic E-state index is 11.3. The van der Waals surface area contributed by atoms with E-state index in [2.05, 4.69) is 69.6 Å². The molecule has 4 aromatic rings. The van der Waals surface area contributed by atoms with Gasteiger partial charge in [0, 0.05) is 17.9 Å². The molecule has 3 heterocycles. The van der Waals surface area contributed by atoms with Crippen LogP contribution in [0.4, 0.5) is 26.3 Å². The van der Waals surface area contributed by atoms with Gasteiger partial charge in [0.2, 0.25) is 0 Å². The van der Waals surface area contributed by atoms with Crippen LogP contribution in [0.1, 0.15) is 49.1 Å². The Bertz CT molecular complexity index is 1880. The summed E-state index contributed by atoms with van der Waals surface area (Å²) in [5, 5.41) is 11.4. The van der Waals surface area contributed by atoms with Crippen LogP contribution in [-0.2, 0) is 45.4 Å². The number of ether oxygens (including phenoxy) is 1. The van der Waals surface area contributed by atoms with E-state index >= 15 is 0 Å². The van der Waals surface area contributed by atoms with Crippen LogP contribution in [0.3, 0.4) is 0 Å². The number of halogens is 6. The SMILES string of the molecule is C[n+]1nn(-c2ccc(-c3nc(CCc4ccccc4)cs3)c(OCCC3CCNCC3)c2)cc1CCCCN.O=C(OS(=O)(=O)C(F)(F)F)C(F)(F)F. The van der Waals surface area contributed by atoms with E-state index in [-0.39, 0.29) is 0 Å². The molecule has 1 aliphatic heterocycles. The first-order valence-corrected chi connectivity index (χ1v) is 19.1. The van der Waals surface area contributed by atoms with E-state index in [1.54, 1.807) is 11.3 Å². The topological polar surface area (TPSA) is 142 Å². The number of benzene rings is 2. The largest absolute Gasteiger partial charge is 0.534 e. The number of unbranched alkanes of at least 4 members (excludes halogenated alkanes) is 1. The van der Waals surface area contributed by atoms with Gasteiger partial charge < -0.3 is 20.0 Å². The Morgan fingerprint density at radius 3 is 2.42 bits per heavy atom. The molecule has 2 aromatic carbocycles. The predicted molar refractivity (Wildman–Crippen MR) is 185 cm³/mol. The molecule has 0 saturated carbocycles. The number of rotatable bonds is 14. The minimum Gasteiger partial charge on any atom is -0.493 e. The van der Waals surface area contributed by atoms with Crippen molar-refractivity contribution in [1.29, 1.82) is 0 Å². The summed E-state index contributed by atoms with van der Waals surface area (Å²) >= 11 is 1.70. The number of hydrogen-bond acceptors (Lipinski definition) is 10. The highest BCUT2D eigenvalue weighted by Crippen LogP contribution is 2.35. The van der Waals surface area contributed by atoms with E-state index < -0.39 is 27.8 Å². The molecule has 0 atom stereocenters. The summed E-state index contributed by atoms with van der Waals surface area (Å²) in [6, 6.07) is 17.0. The van der Waals surface area contributed by atoms with Gasteiger partial charge in [-0.05, 0) is 88.2 Å². The molecule has 53 heavy (non-hydrogen) atoms. The first-order valence-electron chi connectivity index (χ1n) is 16.8. The average molecular weight is 792 g/mol. The quantitative estimate of drug-likeness (QED) is 0.0549. The molecule has 0 unspecified atom stereocenters. The number of carbonyl (C=O) groups excluding carboxylic acids is 1. The molecule has 0 spiro atoms. The van der Waals surface area contributed by atoms with Gasteiger partial charge in [0.25, 0.3) is 0 Å². The Kier molecular flexibility index (Phi) is 14.8. The highest BCUT2D eigenvalue weighted by molar-refractivity contribution is 7.88. The summed E-state index contributed by atoms with van der Waals surface area (Å²) in [6.07, 6.45) is 4.83. The van der Waals surface area contributed by atoms with Gasteiger partial charge in [-0.1, -0.05) is 30.3 Å². The summed E-state index contributed by atoms with van der Waals surface area (Å²) in [5.41, 5.74) is 5.33. The lowest BCUT2D eigenvalue weighted by molar-refractivity contribution is -0.738. The lowest BCUT2D eigenvalue weighted by atomic mass is 9.95. The Balaban J connectivity index is 0.000000381. The van der Waals surface area contributed by atoms with E-state index in [0.717, 1.165) is 91.8 Å². The zero-order valence-electron chi connectivity index (χ0n) is 28.8. The van der Waals surface area contributed by atoms with Crippen molar-refractivity contribution in [3.05, 3.63) is 77.1 Å². The lowest BCUT2D eigenvalue weighted by Crippen LogP contribution is -2.35. The van der Waals surface area contributed by atoms with Gasteiger partial charge >= 0.3 is 27.8 Å². The highest BCUT2D eigenvalue weighted by Gasteiger charge is 2.54. The van der Waals surface area contributed by atoms with Crippen LogP contribution in [0.25, 0.3) is 16.3 Å². The van der Waals surface area contributed by atoms with Crippen molar-refractivity contribution in [1.82, 2.24) is 20.2 Å². The van der Waals surface area contributed by atoms with Gasteiger partial charge in [0.15, 0.2) is 17.6 Å². The van der Waals surface area contributed by atoms with Gasteiger partial charge in [0.05, 0.1) is 23.1 Å². The van der Waals surface area contributed by atoms with Crippen molar-refractivity contribution in [2.24, 2.45) is 18.7 Å². The predicted octanol–water partition coefficient (Wildman–Crippen LogP) is 5.60. The Labute approximate surface area is 307 Å². The van der Waals surface area contributed by atoms with E-state index in [1.165, 1.54) is 24.1 Å². The van der Waals surface area contributed by atoms with E-state index in [0.29, 0.717) is 6.61 Å². The van der Waals surface area contributed by atoms with E-state index in [1.807, 2.05) is 16.4 Å². The number of aromatic nitrogens is 4. The normalized spacial score (nSPS) is 14.0. The molecular weight excluding hydrogens is 751 g/mol. The first kappa shape index (κ1) is 41.7. The third kappa shape index (κ3) is 12.5. The van der Waals surface area contributed by atoms with Crippen LogP contribution in [-0.4, -0.2) is 67.2 Å². The molecule has 1 saturated heterocycles. The standard InChI is InChI=1S/C31H41N6OS.C3F6O4S/c1-36-28(9-5-6-17-32)22-37(35-36)27-12-13-29(30(21-27)38-20-16-25-14-18-33-19-15-25)31-34-26(23-39-31)11-10-24-7-3-2-4-8-24;4-2(5,6)1(10)13-14(11,12)3(7,8)9/h2-4,7-8,12-13,21-23,25,33H,5-6,9-11,14-20,32H2,1H3;/q+1;. The fourth-order valence-corrected chi connectivity index (χ4v) is 6.64. The second kappa shape index (κ2) is 18.8. The molecule has 1 aliphatic rings. The Hall–Kier alpha value is -4.07. The number of nitrogens with two attached hydrogens (primary N) is 1. The lowest BCUT2D eigenvalue weighted by Gasteiger charge is -2.22. The molecule has 19 heteroatoms. The fourth-order valence-electron chi connectivity index (χ4n) is 5.37. The first-order chi connectivity index (χ1) is 25.1. The van der Waals surface area contributed by atoms with Gasteiger partial charge in [-0.15, -0.1) is 20.7 Å². The molecule has 0 radical (unpaired) electrons. The van der Waals surface area contributed by atoms with Gasteiger partial charge in [0.1, 0.15) is 17.8 Å². The number of piperidine rings is 1. The van der Waals surface area contributed by atoms with Crippen molar-refractivity contribution in [2.45, 2.75) is 63.1 Å². The number of hydrogen-bond donors (Lipinski definition) is 2. The van der Waals surface area contributed by atoms with E-state index in [9.17, 15) is 39.6 Å². The average Bonchev–Trinajstić information content (AvgIpc) is 3.74. The molecule has 11 nitrogen and oxygen atoms in total. The number of thiazole rings is 1. The molecule has 290 valence electrons. The fraction of sp³-hybridized carbons (Fsp3) is 0.471. The summed E-state index contributed by atoms with van der Waals surface area (Å²) < 4.78 is 100. The van der Waals surface area contributed by atoms with Crippen LogP contribution >= 0.6 is 11.3 Å². The van der Waals surface area contributed by atoms with Gasteiger partial charge in [-0.25, -0.2) is 9.78 Å². The van der Waals surface area contributed by atoms with E-state index in [4.69, 9.17) is 20.7 Å². The molecule has 2 aromatic heterocycles. The number of nitrogens with zero attached hydrogens (tertiary/aromatic N) is 4. The van der Waals surface area contributed by atoms with Crippen molar-refractivity contribution in [3.8, 4) is 22.0 Å². The van der Waals surface area contributed by atoms with Crippen LogP contribution in [0.2, 0.25) is 0 Å². The number of nitrogens with one attached hydrogen (secondary N) is 1. The summed E-state index contributed by atoms with van der Waals surface area (Å²) in [4.78, 5) is 14.7. The monoisotopic (exact) mass is 791 g/mol. The molecule has 1 fully saturated rings. The van der Waals surface area contributed by atoms with Crippen molar-refractivity contribution < 1.29 is 53.2 Å². The molecule has 0 aliphatic carbocycles. The number of carbonyl (C=O) groups is 1. The van der Waals surface area contributed by atoms with Gasteiger partial charge in [-0.2, -0.15) is 34.8 Å². The zero-order chi connectivity index (χ0) is 38.6. The summed E-state index contributed by atoms with van der Waals surface area (Å²) in [5.74, 6) is -1.84. The van der Waals surface area contributed by atoms with Crippen molar-refractivity contribution in [2.75, 3.05) is 26.2 Å². The second-order valence-electron chi connectivity index (χ2n) is 12.2. The van der Waals surface area contributed by atoms with Crippen LogP contribution in [0, 0.1) is 5.92 Å².